The van der Waals surface area contributed by atoms with Crippen LogP contribution in [0.15, 0.2) is 23.1 Å². The van der Waals surface area contributed by atoms with Gasteiger partial charge in [0.1, 0.15) is 11.7 Å². The number of hydrogen-bond acceptors (Lipinski definition) is 7. The number of pyridine rings is 1. The molecule has 1 aromatic carbocycles. The van der Waals surface area contributed by atoms with E-state index in [0.717, 1.165) is 42.5 Å². The molecule has 2 aromatic rings. The van der Waals surface area contributed by atoms with Crippen LogP contribution in [-0.4, -0.2) is 60.1 Å². The number of carbonyl (C=O) groups excluding carboxylic acids is 1. The summed E-state index contributed by atoms with van der Waals surface area (Å²) in [5.41, 5.74) is 2.04. The molecule has 1 saturated heterocycles. The van der Waals surface area contributed by atoms with E-state index in [-0.39, 0.29) is 36.2 Å². The number of nitrogens with zero attached hydrogens (tertiary/aromatic N) is 1. The van der Waals surface area contributed by atoms with Crippen LogP contribution in [0.2, 0.25) is 0 Å². The molecule has 3 N–H and O–H groups in total. The molecule has 0 saturated carbocycles. The molecule has 4 atom stereocenters. The number of anilines is 1. The van der Waals surface area contributed by atoms with E-state index in [4.69, 9.17) is 9.47 Å². The molecule has 0 amide bonds. The maximum atomic E-state index is 13.0. The number of nitrogens with one attached hydrogen (secondary N) is 2. The van der Waals surface area contributed by atoms with Crippen molar-refractivity contribution in [1.82, 2.24) is 9.88 Å². The molecule has 4 rings (SSSR count). The van der Waals surface area contributed by atoms with E-state index in [1.165, 1.54) is 6.20 Å². The number of hydrogen-bond donors (Lipinski definition) is 3. The highest BCUT2D eigenvalue weighted by Gasteiger charge is 2.31. The predicted molar refractivity (Wildman–Crippen MR) is 138 cm³/mol. The quantitative estimate of drug-likeness (QED) is 0.355. The number of aromatic nitrogens is 1. The maximum absolute atomic E-state index is 13.0. The summed E-state index contributed by atoms with van der Waals surface area (Å²) in [4.78, 5) is 36.9. The number of ether oxygens (including phenoxy) is 2. The fourth-order valence-electron chi connectivity index (χ4n) is 5.29. The van der Waals surface area contributed by atoms with Gasteiger partial charge >= 0.3 is 11.9 Å². The fourth-order valence-corrected chi connectivity index (χ4v) is 5.29. The van der Waals surface area contributed by atoms with Crippen molar-refractivity contribution in [3.63, 3.8) is 0 Å². The zero-order valence-electron chi connectivity index (χ0n) is 21.3. The van der Waals surface area contributed by atoms with Gasteiger partial charge in [0.25, 0.3) is 0 Å². The summed E-state index contributed by atoms with van der Waals surface area (Å²) in [6, 6.07) is 3.94. The van der Waals surface area contributed by atoms with E-state index in [1.807, 2.05) is 11.5 Å². The van der Waals surface area contributed by atoms with Crippen LogP contribution >= 0.6 is 0 Å². The molecule has 9 heteroatoms. The minimum Gasteiger partial charge on any atom is -0.477 e. The normalized spacial score (nSPS) is 23.8. The number of carboxylic acid groups (broad SMARTS) is 1. The lowest BCUT2D eigenvalue weighted by molar-refractivity contribution is -0.169. The van der Waals surface area contributed by atoms with Gasteiger partial charge in [-0.05, 0) is 63.1 Å². The fraction of sp³-hybridized carbons (Fsp3) is 0.593. The molecule has 2 aliphatic heterocycles. The van der Waals surface area contributed by atoms with Gasteiger partial charge in [0.05, 0.1) is 18.0 Å². The van der Waals surface area contributed by atoms with Crippen LogP contribution < -0.4 is 16.1 Å². The Morgan fingerprint density at radius 1 is 1.17 bits per heavy atom. The van der Waals surface area contributed by atoms with Crippen molar-refractivity contribution in [2.75, 3.05) is 31.6 Å². The second-order valence-electron chi connectivity index (χ2n) is 10.1. The molecule has 9 nitrogen and oxygen atoms in total. The summed E-state index contributed by atoms with van der Waals surface area (Å²) in [6.45, 7) is 8.51. The molecule has 3 heterocycles. The minimum atomic E-state index is -1.20. The lowest BCUT2D eigenvalue weighted by Crippen LogP contribution is -2.41. The van der Waals surface area contributed by atoms with Crippen LogP contribution in [0.4, 0.5) is 5.69 Å². The minimum absolute atomic E-state index is 0.0785. The summed E-state index contributed by atoms with van der Waals surface area (Å²) in [7, 11) is 0. The third kappa shape index (κ3) is 5.73. The lowest BCUT2D eigenvalue weighted by atomic mass is 9.95. The van der Waals surface area contributed by atoms with Crippen molar-refractivity contribution in [3.8, 4) is 0 Å². The molecule has 36 heavy (non-hydrogen) atoms. The SMILES string of the molecule is CC1CCOC(C)[C@@H]1OC(=O)CCNCCNc1cc2c3c(c1)c(=O)c(C(=O)O)cn3C(C)CCC2. The average Bonchev–Trinajstić information content (AvgIpc) is 2.99. The molecular weight excluding hydrogens is 462 g/mol. The first-order valence-electron chi connectivity index (χ1n) is 13.0. The number of benzene rings is 1. The Labute approximate surface area is 211 Å². The van der Waals surface area contributed by atoms with E-state index < -0.39 is 11.4 Å². The van der Waals surface area contributed by atoms with Crippen LogP contribution in [-0.2, 0) is 20.7 Å². The molecule has 1 fully saturated rings. The molecule has 196 valence electrons. The molecular formula is C27H37N3O6. The van der Waals surface area contributed by atoms with Gasteiger partial charge < -0.3 is 29.8 Å². The Bertz CT molecular complexity index is 1170. The first-order valence-corrected chi connectivity index (χ1v) is 13.0. The number of carbonyl (C=O) groups is 2. The van der Waals surface area contributed by atoms with Crippen molar-refractivity contribution in [1.29, 1.82) is 0 Å². The monoisotopic (exact) mass is 499 g/mol. The number of carboxylic acids is 1. The van der Waals surface area contributed by atoms with Crippen molar-refractivity contribution < 1.29 is 24.2 Å². The Hall–Kier alpha value is -2.91. The molecule has 0 bridgehead atoms. The smallest absolute Gasteiger partial charge is 0.341 e. The van der Waals surface area contributed by atoms with Crippen molar-refractivity contribution >= 4 is 28.5 Å². The lowest BCUT2D eigenvalue weighted by Gasteiger charge is -2.33. The van der Waals surface area contributed by atoms with Gasteiger partial charge in [-0.15, -0.1) is 0 Å². The van der Waals surface area contributed by atoms with E-state index in [9.17, 15) is 19.5 Å². The average molecular weight is 500 g/mol. The summed E-state index contributed by atoms with van der Waals surface area (Å²) < 4.78 is 13.2. The first kappa shape index (κ1) is 26.2. The van der Waals surface area contributed by atoms with Crippen LogP contribution in [0, 0.1) is 5.92 Å². The zero-order chi connectivity index (χ0) is 25.8. The van der Waals surface area contributed by atoms with E-state index in [1.54, 1.807) is 6.07 Å². The highest BCUT2D eigenvalue weighted by Crippen LogP contribution is 2.31. The number of esters is 1. The van der Waals surface area contributed by atoms with E-state index >= 15 is 0 Å². The van der Waals surface area contributed by atoms with Crippen LogP contribution in [0.5, 0.6) is 0 Å². The van der Waals surface area contributed by atoms with Crippen molar-refractivity contribution in [2.45, 2.75) is 71.1 Å². The third-order valence-corrected chi connectivity index (χ3v) is 7.36. The van der Waals surface area contributed by atoms with Crippen LogP contribution in [0.3, 0.4) is 0 Å². The molecule has 2 aliphatic rings. The first-order chi connectivity index (χ1) is 17.3. The topological polar surface area (TPSA) is 119 Å². The van der Waals surface area contributed by atoms with Crippen LogP contribution in [0.25, 0.3) is 10.9 Å². The molecule has 0 radical (unpaired) electrons. The molecule has 0 aliphatic carbocycles. The standard InChI is InChI=1S/C27H37N3O6/c1-16-8-12-35-18(3)26(16)36-23(31)7-9-28-10-11-29-20-13-19-6-4-5-17(2)30-15-22(27(33)34)25(32)21(14-20)24(19)30/h13-18,26,28-29H,4-12H2,1-3H3,(H,33,34)/t16?,17?,18?,26-/m1/s1. The summed E-state index contributed by atoms with van der Waals surface area (Å²) in [5.74, 6) is -1.14. The Kier molecular flexibility index (Phi) is 8.31. The maximum Gasteiger partial charge on any atom is 0.341 e. The second-order valence-corrected chi connectivity index (χ2v) is 10.1. The number of aryl methyl sites for hydroxylation is 1. The summed E-state index contributed by atoms with van der Waals surface area (Å²) in [5, 5.41) is 16.6. The highest BCUT2D eigenvalue weighted by atomic mass is 16.6. The van der Waals surface area contributed by atoms with E-state index in [2.05, 4.69) is 30.5 Å². The van der Waals surface area contributed by atoms with Gasteiger partial charge in [0.2, 0.25) is 5.43 Å². The third-order valence-electron chi connectivity index (χ3n) is 7.36. The Morgan fingerprint density at radius 2 is 1.97 bits per heavy atom. The van der Waals surface area contributed by atoms with Gasteiger partial charge in [0.15, 0.2) is 0 Å². The van der Waals surface area contributed by atoms with Gasteiger partial charge in [-0.3, -0.25) is 9.59 Å². The molecule has 0 spiro atoms. The number of aromatic carboxylic acids is 1. The summed E-state index contributed by atoms with van der Waals surface area (Å²) >= 11 is 0. The molecule has 3 unspecified atom stereocenters. The Morgan fingerprint density at radius 3 is 2.72 bits per heavy atom. The Balaban J connectivity index is 1.34. The van der Waals surface area contributed by atoms with Gasteiger partial charge in [-0.1, -0.05) is 6.92 Å². The van der Waals surface area contributed by atoms with E-state index in [0.29, 0.717) is 37.5 Å². The predicted octanol–water partition coefficient (Wildman–Crippen LogP) is 3.35. The summed E-state index contributed by atoms with van der Waals surface area (Å²) in [6.07, 6.45) is 5.14. The second kappa shape index (κ2) is 11.4. The van der Waals surface area contributed by atoms with Crippen molar-refractivity contribution in [2.24, 2.45) is 5.92 Å². The highest BCUT2D eigenvalue weighted by molar-refractivity contribution is 5.94. The zero-order valence-corrected chi connectivity index (χ0v) is 21.3. The van der Waals surface area contributed by atoms with Gasteiger partial charge in [0, 0.05) is 49.6 Å². The number of rotatable bonds is 9. The van der Waals surface area contributed by atoms with Gasteiger partial charge in [-0.2, -0.15) is 0 Å². The molecule has 1 aromatic heterocycles. The van der Waals surface area contributed by atoms with Gasteiger partial charge in [-0.25, -0.2) is 4.79 Å². The largest absolute Gasteiger partial charge is 0.477 e. The van der Waals surface area contributed by atoms with Crippen LogP contribution in [0.1, 0.15) is 68.4 Å². The van der Waals surface area contributed by atoms with Crippen molar-refractivity contribution in [3.05, 3.63) is 39.7 Å².